The third-order valence-corrected chi connectivity index (χ3v) is 3.89. The van der Waals surface area contributed by atoms with Crippen LogP contribution in [-0.4, -0.2) is 43.7 Å². The van der Waals surface area contributed by atoms with Gasteiger partial charge in [-0.05, 0) is 24.6 Å². The molecule has 0 aliphatic carbocycles. The summed E-state index contributed by atoms with van der Waals surface area (Å²) in [5.74, 6) is -0.287. The van der Waals surface area contributed by atoms with E-state index in [1.807, 2.05) is 11.8 Å². The highest BCUT2D eigenvalue weighted by molar-refractivity contribution is 6.30. The van der Waals surface area contributed by atoms with E-state index in [2.05, 4.69) is 5.32 Å². The number of amides is 1. The van der Waals surface area contributed by atoms with Crippen molar-refractivity contribution in [1.82, 2.24) is 10.2 Å². The molecule has 21 heavy (non-hydrogen) atoms. The van der Waals surface area contributed by atoms with Gasteiger partial charge in [-0.15, -0.1) is 0 Å². The number of ether oxygens (including phenoxy) is 1. The third kappa shape index (κ3) is 4.66. The van der Waals surface area contributed by atoms with Crippen LogP contribution in [0.2, 0.25) is 5.02 Å². The van der Waals surface area contributed by atoms with Crippen LogP contribution in [0.5, 0.6) is 0 Å². The number of rotatable bonds is 5. The number of hydrogen-bond donors (Lipinski definition) is 1. The number of halogens is 2. The Bertz CT molecular complexity index is 493. The minimum absolute atomic E-state index is 0.0144. The Balaban J connectivity index is 1.76. The molecular formula is C15H20ClFN2O2. The summed E-state index contributed by atoms with van der Waals surface area (Å²) in [6.07, 6.45) is 0.444. The van der Waals surface area contributed by atoms with Gasteiger partial charge >= 0.3 is 0 Å². The van der Waals surface area contributed by atoms with Gasteiger partial charge in [-0.25, -0.2) is 4.39 Å². The minimum Gasteiger partial charge on any atom is -0.378 e. The lowest BCUT2D eigenvalue weighted by Crippen LogP contribution is -2.41. The summed E-state index contributed by atoms with van der Waals surface area (Å²) in [4.78, 5) is 13.8. The van der Waals surface area contributed by atoms with Gasteiger partial charge in [0.2, 0.25) is 5.91 Å². The average molecular weight is 315 g/mol. The van der Waals surface area contributed by atoms with E-state index < -0.39 is 5.82 Å². The van der Waals surface area contributed by atoms with Crippen molar-refractivity contribution in [2.75, 3.05) is 32.8 Å². The first-order valence-electron chi connectivity index (χ1n) is 7.12. The maximum absolute atomic E-state index is 13.1. The summed E-state index contributed by atoms with van der Waals surface area (Å²) < 4.78 is 18.3. The number of nitrogens with zero attached hydrogens (tertiary/aromatic N) is 1. The average Bonchev–Trinajstić information content (AvgIpc) is 2.50. The second-order valence-electron chi connectivity index (χ2n) is 5.09. The number of carbonyl (C=O) groups excluding carboxylic acids is 1. The number of morpholine rings is 1. The first-order valence-corrected chi connectivity index (χ1v) is 7.49. The number of nitrogens with one attached hydrogen (secondary N) is 1. The van der Waals surface area contributed by atoms with Crippen LogP contribution in [0.1, 0.15) is 24.9 Å². The largest absolute Gasteiger partial charge is 0.378 e. The fourth-order valence-electron chi connectivity index (χ4n) is 2.27. The summed E-state index contributed by atoms with van der Waals surface area (Å²) >= 11 is 5.77. The molecule has 2 rings (SSSR count). The van der Waals surface area contributed by atoms with E-state index in [0.29, 0.717) is 39.3 Å². The van der Waals surface area contributed by atoms with Gasteiger partial charge in [0.1, 0.15) is 5.82 Å². The molecule has 1 unspecified atom stereocenters. The Labute approximate surface area is 129 Å². The summed E-state index contributed by atoms with van der Waals surface area (Å²) in [6.45, 7) is 5.10. The van der Waals surface area contributed by atoms with Crippen molar-refractivity contribution in [3.63, 3.8) is 0 Å². The van der Waals surface area contributed by atoms with Crippen molar-refractivity contribution in [1.29, 1.82) is 0 Å². The second kappa shape index (κ2) is 7.73. The van der Waals surface area contributed by atoms with E-state index in [0.717, 1.165) is 5.56 Å². The van der Waals surface area contributed by atoms with E-state index in [1.54, 1.807) is 12.1 Å². The van der Waals surface area contributed by atoms with Crippen molar-refractivity contribution in [3.8, 4) is 0 Å². The van der Waals surface area contributed by atoms with Gasteiger partial charge in [-0.2, -0.15) is 0 Å². The minimum atomic E-state index is -0.421. The number of benzene rings is 1. The van der Waals surface area contributed by atoms with Crippen LogP contribution < -0.4 is 5.32 Å². The number of hydrogen-bond acceptors (Lipinski definition) is 3. The molecule has 0 aromatic heterocycles. The first-order chi connectivity index (χ1) is 10.1. The third-order valence-electron chi connectivity index (χ3n) is 3.60. The summed E-state index contributed by atoms with van der Waals surface area (Å²) in [5, 5.41) is 3.37. The van der Waals surface area contributed by atoms with Crippen molar-refractivity contribution in [2.24, 2.45) is 0 Å². The molecule has 4 nitrogen and oxygen atoms in total. The Morgan fingerprint density at radius 2 is 2.19 bits per heavy atom. The van der Waals surface area contributed by atoms with E-state index in [1.165, 1.54) is 6.07 Å². The quantitative estimate of drug-likeness (QED) is 0.907. The van der Waals surface area contributed by atoms with Gasteiger partial charge in [-0.3, -0.25) is 4.79 Å². The van der Waals surface area contributed by atoms with Crippen molar-refractivity contribution < 1.29 is 13.9 Å². The molecule has 0 spiro atoms. The molecule has 0 radical (unpaired) electrons. The van der Waals surface area contributed by atoms with Crippen molar-refractivity contribution in [3.05, 3.63) is 34.6 Å². The topological polar surface area (TPSA) is 41.6 Å². The maximum Gasteiger partial charge on any atom is 0.224 e. The van der Waals surface area contributed by atoms with Crippen molar-refractivity contribution in [2.45, 2.75) is 19.4 Å². The van der Waals surface area contributed by atoms with E-state index >= 15 is 0 Å². The predicted molar refractivity (Wildman–Crippen MR) is 79.8 cm³/mol. The molecule has 1 amide bonds. The Morgan fingerprint density at radius 1 is 1.48 bits per heavy atom. The Kier molecular flexibility index (Phi) is 5.96. The lowest BCUT2D eigenvalue weighted by atomic mass is 10.1. The normalized spacial score (nSPS) is 16.8. The van der Waals surface area contributed by atoms with Gasteiger partial charge in [0, 0.05) is 32.1 Å². The SMILES string of the molecule is CC(NCCC(=O)N1CCOCC1)c1ccc(F)c(Cl)c1. The van der Waals surface area contributed by atoms with Crippen LogP contribution in [0.4, 0.5) is 4.39 Å². The molecule has 1 aliphatic rings. The van der Waals surface area contributed by atoms with Gasteiger partial charge in [0.05, 0.1) is 18.2 Å². The maximum atomic E-state index is 13.1. The van der Waals surface area contributed by atoms with Crippen LogP contribution in [0.25, 0.3) is 0 Å². The molecule has 0 bridgehead atoms. The van der Waals surface area contributed by atoms with Crippen LogP contribution in [0, 0.1) is 5.82 Å². The van der Waals surface area contributed by atoms with Crippen LogP contribution in [-0.2, 0) is 9.53 Å². The van der Waals surface area contributed by atoms with Crippen LogP contribution >= 0.6 is 11.6 Å². The molecule has 1 atom stereocenters. The van der Waals surface area contributed by atoms with Gasteiger partial charge < -0.3 is 15.0 Å². The monoisotopic (exact) mass is 314 g/mol. The zero-order valence-corrected chi connectivity index (χ0v) is 12.8. The molecule has 1 fully saturated rings. The molecule has 116 valence electrons. The highest BCUT2D eigenvalue weighted by Gasteiger charge is 2.16. The van der Waals surface area contributed by atoms with Crippen molar-refractivity contribution >= 4 is 17.5 Å². The Hall–Kier alpha value is -1.17. The summed E-state index contributed by atoms with van der Waals surface area (Å²) in [6, 6.07) is 4.68. The second-order valence-corrected chi connectivity index (χ2v) is 5.50. The van der Waals surface area contributed by atoms with Gasteiger partial charge in [-0.1, -0.05) is 17.7 Å². The summed E-state index contributed by atoms with van der Waals surface area (Å²) in [5.41, 5.74) is 0.903. The van der Waals surface area contributed by atoms with E-state index in [-0.39, 0.29) is 17.0 Å². The molecule has 1 aromatic rings. The molecule has 1 aliphatic heterocycles. The number of carbonyl (C=O) groups is 1. The predicted octanol–water partition coefficient (Wildman–Crippen LogP) is 2.38. The van der Waals surface area contributed by atoms with Gasteiger partial charge in [0.15, 0.2) is 0 Å². The molecule has 1 saturated heterocycles. The molecule has 1 heterocycles. The molecular weight excluding hydrogens is 295 g/mol. The standard InChI is InChI=1S/C15H20ClFN2O2/c1-11(12-2-3-14(17)13(16)10-12)18-5-4-15(20)19-6-8-21-9-7-19/h2-3,10-11,18H,4-9H2,1H3. The van der Waals surface area contributed by atoms with E-state index in [4.69, 9.17) is 16.3 Å². The highest BCUT2D eigenvalue weighted by atomic mass is 35.5. The van der Waals surface area contributed by atoms with E-state index in [9.17, 15) is 9.18 Å². The zero-order valence-electron chi connectivity index (χ0n) is 12.1. The molecule has 0 saturated carbocycles. The van der Waals surface area contributed by atoms with Crippen LogP contribution in [0.15, 0.2) is 18.2 Å². The lowest BCUT2D eigenvalue weighted by molar-refractivity contribution is -0.135. The molecule has 6 heteroatoms. The molecule has 1 aromatic carbocycles. The summed E-state index contributed by atoms with van der Waals surface area (Å²) in [7, 11) is 0. The van der Waals surface area contributed by atoms with Crippen LogP contribution in [0.3, 0.4) is 0 Å². The fraction of sp³-hybridized carbons (Fsp3) is 0.533. The lowest BCUT2D eigenvalue weighted by Gasteiger charge is -2.27. The first kappa shape index (κ1) is 16.2. The smallest absolute Gasteiger partial charge is 0.224 e. The molecule has 1 N–H and O–H groups in total. The van der Waals surface area contributed by atoms with Gasteiger partial charge in [0.25, 0.3) is 0 Å². The fourth-order valence-corrected chi connectivity index (χ4v) is 2.46. The zero-order chi connectivity index (χ0) is 15.2. The Morgan fingerprint density at radius 3 is 2.86 bits per heavy atom. The highest BCUT2D eigenvalue weighted by Crippen LogP contribution is 2.20.